The zero-order valence-corrected chi connectivity index (χ0v) is 9.16. The van der Waals surface area contributed by atoms with Crippen LogP contribution in [0, 0.1) is 0 Å². The molecule has 7 heteroatoms. The van der Waals surface area contributed by atoms with Crippen LogP contribution in [0.25, 0.3) is 11.0 Å². The third-order valence-corrected chi connectivity index (χ3v) is 3.61. The molecule has 0 atom stereocenters. The van der Waals surface area contributed by atoms with Gasteiger partial charge in [-0.25, -0.2) is 18.1 Å². The number of rotatable bonds is 4. The molecular formula is C9H11N3O3S. The molecule has 0 spiro atoms. The molecule has 0 bridgehead atoms. The van der Waals surface area contributed by atoms with E-state index in [9.17, 15) is 8.42 Å². The summed E-state index contributed by atoms with van der Waals surface area (Å²) >= 11 is 0. The van der Waals surface area contributed by atoms with Crippen molar-refractivity contribution in [3.8, 4) is 0 Å². The monoisotopic (exact) mass is 241 g/mol. The summed E-state index contributed by atoms with van der Waals surface area (Å²) in [4.78, 5) is 6.92. The second-order valence-corrected chi connectivity index (χ2v) is 4.91. The first kappa shape index (κ1) is 11.1. The van der Waals surface area contributed by atoms with Crippen LogP contribution in [0.4, 0.5) is 0 Å². The number of aromatic amines is 1. The van der Waals surface area contributed by atoms with Crippen molar-refractivity contribution >= 4 is 21.1 Å². The number of aromatic nitrogens is 2. The largest absolute Gasteiger partial charge is 0.395 e. The molecular weight excluding hydrogens is 230 g/mol. The summed E-state index contributed by atoms with van der Waals surface area (Å²) in [5.41, 5.74) is 0.520. The Bertz CT molecular complexity index is 591. The Morgan fingerprint density at radius 3 is 3.06 bits per heavy atom. The smallest absolute Gasteiger partial charge is 0.242 e. The molecule has 2 aromatic heterocycles. The van der Waals surface area contributed by atoms with Gasteiger partial charge in [0.25, 0.3) is 0 Å². The van der Waals surface area contributed by atoms with Crippen LogP contribution in [-0.4, -0.2) is 36.6 Å². The minimum atomic E-state index is -3.59. The minimum Gasteiger partial charge on any atom is -0.395 e. The molecule has 2 aromatic rings. The minimum absolute atomic E-state index is 0.00469. The number of sulfonamides is 1. The van der Waals surface area contributed by atoms with Crippen molar-refractivity contribution in [2.45, 2.75) is 4.90 Å². The standard InChI is InChI=1S/C9H11N3O3S/c13-5-4-12-16(14,15)8-6-11-9-7(8)2-1-3-10-9/h1-3,6,12-13H,4-5H2,(H,10,11). The predicted octanol–water partition coefficient (Wildman–Crippen LogP) is -0.167. The summed E-state index contributed by atoms with van der Waals surface area (Å²) in [6.45, 7) is -0.241. The van der Waals surface area contributed by atoms with E-state index >= 15 is 0 Å². The molecule has 16 heavy (non-hydrogen) atoms. The van der Waals surface area contributed by atoms with E-state index < -0.39 is 10.0 Å². The Hall–Kier alpha value is -1.44. The third-order valence-electron chi connectivity index (χ3n) is 2.11. The van der Waals surface area contributed by atoms with Crippen LogP contribution in [0.2, 0.25) is 0 Å². The zero-order valence-electron chi connectivity index (χ0n) is 8.34. The predicted molar refractivity (Wildman–Crippen MR) is 58.4 cm³/mol. The number of aliphatic hydroxyl groups excluding tert-OH is 1. The van der Waals surface area contributed by atoms with Gasteiger partial charge in [0, 0.05) is 24.3 Å². The second-order valence-electron chi connectivity index (χ2n) is 3.17. The Kier molecular flexibility index (Phi) is 2.90. The molecule has 0 aliphatic carbocycles. The summed E-state index contributed by atoms with van der Waals surface area (Å²) < 4.78 is 25.9. The van der Waals surface area contributed by atoms with Crippen LogP contribution in [0.1, 0.15) is 0 Å². The van der Waals surface area contributed by atoms with Gasteiger partial charge in [-0.3, -0.25) is 0 Å². The molecule has 3 N–H and O–H groups in total. The molecule has 0 aromatic carbocycles. The van der Waals surface area contributed by atoms with Crippen LogP contribution < -0.4 is 4.72 Å². The molecule has 0 unspecified atom stereocenters. The lowest BCUT2D eigenvalue weighted by Crippen LogP contribution is -2.26. The van der Waals surface area contributed by atoms with Crippen molar-refractivity contribution in [2.24, 2.45) is 0 Å². The molecule has 86 valence electrons. The maximum Gasteiger partial charge on any atom is 0.242 e. The third kappa shape index (κ3) is 1.92. The van der Waals surface area contributed by atoms with Gasteiger partial charge in [-0.05, 0) is 12.1 Å². The van der Waals surface area contributed by atoms with E-state index in [0.29, 0.717) is 11.0 Å². The van der Waals surface area contributed by atoms with Gasteiger partial charge in [-0.1, -0.05) is 0 Å². The highest BCUT2D eigenvalue weighted by atomic mass is 32.2. The fraction of sp³-hybridized carbons (Fsp3) is 0.222. The number of pyridine rings is 1. The van der Waals surface area contributed by atoms with Gasteiger partial charge >= 0.3 is 0 Å². The highest BCUT2D eigenvalue weighted by molar-refractivity contribution is 7.89. The van der Waals surface area contributed by atoms with E-state index in [-0.39, 0.29) is 18.0 Å². The van der Waals surface area contributed by atoms with Gasteiger partial charge in [-0.2, -0.15) is 0 Å². The SMILES string of the molecule is O=S(=O)(NCCO)c1c[nH]c2ncccc12. The van der Waals surface area contributed by atoms with E-state index in [1.165, 1.54) is 6.20 Å². The molecule has 0 fully saturated rings. The summed E-state index contributed by atoms with van der Waals surface area (Å²) in [5, 5.41) is 9.13. The Labute approximate surface area is 92.4 Å². The van der Waals surface area contributed by atoms with Crippen molar-refractivity contribution in [1.29, 1.82) is 0 Å². The van der Waals surface area contributed by atoms with Crippen molar-refractivity contribution in [1.82, 2.24) is 14.7 Å². The van der Waals surface area contributed by atoms with Crippen LogP contribution in [-0.2, 0) is 10.0 Å². The number of hydrogen-bond donors (Lipinski definition) is 3. The van der Waals surface area contributed by atoms with Crippen molar-refractivity contribution in [3.63, 3.8) is 0 Å². The number of H-pyrrole nitrogens is 1. The molecule has 0 amide bonds. The Morgan fingerprint density at radius 1 is 1.50 bits per heavy atom. The molecule has 0 saturated heterocycles. The van der Waals surface area contributed by atoms with Gasteiger partial charge in [0.2, 0.25) is 10.0 Å². The van der Waals surface area contributed by atoms with Crippen molar-refractivity contribution < 1.29 is 13.5 Å². The average molecular weight is 241 g/mol. The van der Waals surface area contributed by atoms with E-state index in [1.807, 2.05) is 0 Å². The number of aliphatic hydroxyl groups is 1. The lowest BCUT2D eigenvalue weighted by Gasteiger charge is -2.02. The van der Waals surface area contributed by atoms with Gasteiger partial charge < -0.3 is 10.1 Å². The fourth-order valence-corrected chi connectivity index (χ4v) is 2.59. The highest BCUT2D eigenvalue weighted by Crippen LogP contribution is 2.20. The lowest BCUT2D eigenvalue weighted by molar-refractivity contribution is 0.301. The number of hydrogen-bond acceptors (Lipinski definition) is 4. The normalized spacial score (nSPS) is 12.1. The van der Waals surface area contributed by atoms with Gasteiger partial charge in [-0.15, -0.1) is 0 Å². The van der Waals surface area contributed by atoms with Crippen molar-refractivity contribution in [3.05, 3.63) is 24.5 Å². The Morgan fingerprint density at radius 2 is 2.31 bits per heavy atom. The fourth-order valence-electron chi connectivity index (χ4n) is 1.41. The first-order valence-electron chi connectivity index (χ1n) is 4.68. The van der Waals surface area contributed by atoms with Crippen LogP contribution in [0.5, 0.6) is 0 Å². The first-order valence-corrected chi connectivity index (χ1v) is 6.16. The summed E-state index contributed by atoms with van der Waals surface area (Å²) in [6.07, 6.45) is 2.97. The van der Waals surface area contributed by atoms with Crippen molar-refractivity contribution in [2.75, 3.05) is 13.2 Å². The molecule has 2 heterocycles. The summed E-state index contributed by atoms with van der Waals surface area (Å²) in [5.74, 6) is 0. The molecule has 2 rings (SSSR count). The van der Waals surface area contributed by atoms with Gasteiger partial charge in [0.05, 0.1) is 6.61 Å². The van der Waals surface area contributed by atoms with E-state index in [1.54, 1.807) is 18.3 Å². The van der Waals surface area contributed by atoms with E-state index in [2.05, 4.69) is 14.7 Å². The highest BCUT2D eigenvalue weighted by Gasteiger charge is 2.18. The van der Waals surface area contributed by atoms with E-state index in [0.717, 1.165) is 0 Å². The molecule has 0 saturated carbocycles. The number of fused-ring (bicyclic) bond motifs is 1. The molecule has 0 aliphatic heterocycles. The van der Waals surface area contributed by atoms with Crippen LogP contribution in [0.3, 0.4) is 0 Å². The summed E-state index contributed by atoms with van der Waals surface area (Å²) in [7, 11) is -3.59. The molecule has 0 radical (unpaired) electrons. The zero-order chi connectivity index (χ0) is 11.6. The second kappa shape index (κ2) is 4.20. The summed E-state index contributed by atoms with van der Waals surface area (Å²) in [6, 6.07) is 3.34. The molecule has 6 nitrogen and oxygen atoms in total. The maximum atomic E-state index is 11.8. The quantitative estimate of drug-likeness (QED) is 0.692. The van der Waals surface area contributed by atoms with Gasteiger partial charge in [0.15, 0.2) is 0 Å². The average Bonchev–Trinajstić information content (AvgIpc) is 2.71. The van der Waals surface area contributed by atoms with E-state index in [4.69, 9.17) is 5.11 Å². The topological polar surface area (TPSA) is 95.1 Å². The lowest BCUT2D eigenvalue weighted by atomic mass is 10.3. The van der Waals surface area contributed by atoms with Gasteiger partial charge in [0.1, 0.15) is 10.5 Å². The maximum absolute atomic E-state index is 11.8. The number of nitrogens with zero attached hydrogens (tertiary/aromatic N) is 1. The number of nitrogens with one attached hydrogen (secondary N) is 2. The van der Waals surface area contributed by atoms with Crippen LogP contribution >= 0.6 is 0 Å². The Balaban J connectivity index is 2.47. The molecule has 0 aliphatic rings. The first-order chi connectivity index (χ1) is 7.65. The van der Waals surface area contributed by atoms with Crippen LogP contribution in [0.15, 0.2) is 29.4 Å².